The second-order valence-corrected chi connectivity index (χ2v) is 7.42. The standard InChI is InChI=1S/C10H17NO2Si/c1-14(2,12)10-5-3-4-9(8-10)13-7-6-11/h3-5,8,12H,6-7,11H2,1-2H3. The SMILES string of the molecule is C[Si](C)(O)c1cccc(OCCN)c1. The molecule has 3 nitrogen and oxygen atoms in total. The van der Waals surface area contributed by atoms with E-state index in [9.17, 15) is 4.80 Å². The van der Waals surface area contributed by atoms with E-state index >= 15 is 0 Å². The van der Waals surface area contributed by atoms with Gasteiger partial charge in [0.05, 0.1) is 0 Å². The molecule has 0 radical (unpaired) electrons. The van der Waals surface area contributed by atoms with Crippen molar-refractivity contribution >= 4 is 13.5 Å². The fraction of sp³-hybridized carbons (Fsp3) is 0.400. The van der Waals surface area contributed by atoms with Crippen LogP contribution in [-0.2, 0) is 0 Å². The second kappa shape index (κ2) is 4.59. The minimum Gasteiger partial charge on any atom is -0.492 e. The van der Waals surface area contributed by atoms with Gasteiger partial charge in [0, 0.05) is 6.54 Å². The fourth-order valence-electron chi connectivity index (χ4n) is 1.14. The van der Waals surface area contributed by atoms with E-state index in [0.717, 1.165) is 10.9 Å². The van der Waals surface area contributed by atoms with Crippen molar-refractivity contribution in [2.75, 3.05) is 13.2 Å². The van der Waals surface area contributed by atoms with E-state index < -0.39 is 8.32 Å². The Balaban J connectivity index is 2.79. The maximum absolute atomic E-state index is 9.90. The van der Waals surface area contributed by atoms with Crippen LogP contribution in [0.3, 0.4) is 0 Å². The van der Waals surface area contributed by atoms with Crippen molar-refractivity contribution < 1.29 is 9.53 Å². The van der Waals surface area contributed by atoms with E-state index in [1.165, 1.54) is 0 Å². The van der Waals surface area contributed by atoms with Crippen LogP contribution in [0.1, 0.15) is 0 Å². The topological polar surface area (TPSA) is 55.5 Å². The summed E-state index contributed by atoms with van der Waals surface area (Å²) in [6.07, 6.45) is 0. The molecule has 0 unspecified atom stereocenters. The van der Waals surface area contributed by atoms with Crippen molar-refractivity contribution in [1.82, 2.24) is 0 Å². The molecule has 78 valence electrons. The van der Waals surface area contributed by atoms with Gasteiger partial charge < -0.3 is 15.3 Å². The third kappa shape index (κ3) is 3.14. The van der Waals surface area contributed by atoms with Gasteiger partial charge in [-0.3, -0.25) is 0 Å². The predicted octanol–water partition coefficient (Wildman–Crippen LogP) is 0.428. The van der Waals surface area contributed by atoms with Gasteiger partial charge in [-0.25, -0.2) is 0 Å². The van der Waals surface area contributed by atoms with Crippen LogP contribution >= 0.6 is 0 Å². The predicted molar refractivity (Wildman–Crippen MR) is 60.3 cm³/mol. The highest BCUT2D eigenvalue weighted by molar-refractivity contribution is 6.83. The van der Waals surface area contributed by atoms with E-state index in [-0.39, 0.29) is 0 Å². The summed E-state index contributed by atoms with van der Waals surface area (Å²) in [6, 6.07) is 7.59. The highest BCUT2D eigenvalue weighted by atomic mass is 28.4. The van der Waals surface area contributed by atoms with Crippen molar-refractivity contribution in [2.45, 2.75) is 13.1 Å². The minimum absolute atomic E-state index is 0.504. The molecular formula is C10H17NO2Si. The number of hydrogen-bond donors (Lipinski definition) is 2. The molecule has 4 heteroatoms. The molecule has 0 fully saturated rings. The van der Waals surface area contributed by atoms with Crippen LogP contribution in [0.5, 0.6) is 5.75 Å². The van der Waals surface area contributed by atoms with Gasteiger partial charge in [0.1, 0.15) is 12.4 Å². The van der Waals surface area contributed by atoms with Gasteiger partial charge in [-0.1, -0.05) is 12.1 Å². The maximum atomic E-state index is 9.90. The van der Waals surface area contributed by atoms with Crippen molar-refractivity contribution in [3.05, 3.63) is 24.3 Å². The molecule has 1 rings (SSSR count). The van der Waals surface area contributed by atoms with Gasteiger partial charge in [-0.15, -0.1) is 0 Å². The average Bonchev–Trinajstić information content (AvgIpc) is 2.14. The van der Waals surface area contributed by atoms with E-state index in [4.69, 9.17) is 10.5 Å². The monoisotopic (exact) mass is 211 g/mol. The molecule has 0 saturated carbocycles. The van der Waals surface area contributed by atoms with E-state index in [1.54, 1.807) is 0 Å². The zero-order valence-electron chi connectivity index (χ0n) is 8.66. The first kappa shape index (κ1) is 11.2. The summed E-state index contributed by atoms with van der Waals surface area (Å²) >= 11 is 0. The number of nitrogens with two attached hydrogens (primary N) is 1. The maximum Gasteiger partial charge on any atom is 0.214 e. The van der Waals surface area contributed by atoms with Crippen LogP contribution in [0, 0.1) is 0 Å². The largest absolute Gasteiger partial charge is 0.492 e. The van der Waals surface area contributed by atoms with Gasteiger partial charge in [0.2, 0.25) is 8.32 Å². The lowest BCUT2D eigenvalue weighted by Gasteiger charge is -2.15. The second-order valence-electron chi connectivity index (χ2n) is 3.72. The molecule has 1 aromatic rings. The van der Waals surface area contributed by atoms with E-state index in [2.05, 4.69) is 0 Å². The van der Waals surface area contributed by atoms with Crippen molar-refractivity contribution in [1.29, 1.82) is 0 Å². The van der Waals surface area contributed by atoms with Gasteiger partial charge >= 0.3 is 0 Å². The fourth-order valence-corrected chi connectivity index (χ4v) is 2.14. The molecule has 0 saturated heterocycles. The van der Waals surface area contributed by atoms with E-state index in [1.807, 2.05) is 37.4 Å². The highest BCUT2D eigenvalue weighted by Crippen LogP contribution is 2.09. The Kier molecular flexibility index (Phi) is 3.68. The number of ether oxygens (including phenoxy) is 1. The third-order valence-electron chi connectivity index (χ3n) is 1.93. The Labute approximate surface area is 85.6 Å². The first-order valence-corrected chi connectivity index (χ1v) is 7.64. The summed E-state index contributed by atoms with van der Waals surface area (Å²) in [6.45, 7) is 4.78. The van der Waals surface area contributed by atoms with Crippen LogP contribution in [0.4, 0.5) is 0 Å². The smallest absolute Gasteiger partial charge is 0.214 e. The number of hydrogen-bond acceptors (Lipinski definition) is 3. The Bertz CT molecular complexity index is 296. The lowest BCUT2D eigenvalue weighted by atomic mass is 10.3. The van der Waals surface area contributed by atoms with Gasteiger partial charge in [-0.05, 0) is 30.4 Å². The molecule has 0 heterocycles. The minimum atomic E-state index is -2.22. The molecule has 1 aromatic carbocycles. The summed E-state index contributed by atoms with van der Waals surface area (Å²) in [5, 5.41) is 0.979. The molecule has 0 amide bonds. The Morgan fingerprint density at radius 2 is 2.14 bits per heavy atom. The zero-order chi connectivity index (χ0) is 10.6. The molecule has 0 spiro atoms. The van der Waals surface area contributed by atoms with Crippen molar-refractivity contribution in [3.63, 3.8) is 0 Å². The Morgan fingerprint density at radius 1 is 1.43 bits per heavy atom. The van der Waals surface area contributed by atoms with Crippen LogP contribution in [0.15, 0.2) is 24.3 Å². The summed E-state index contributed by atoms with van der Waals surface area (Å²) < 4.78 is 5.38. The molecule has 0 bridgehead atoms. The van der Waals surface area contributed by atoms with Crippen LogP contribution < -0.4 is 15.7 Å². The molecule has 3 N–H and O–H groups in total. The normalized spacial score (nSPS) is 11.4. The van der Waals surface area contributed by atoms with Crippen LogP contribution in [0.2, 0.25) is 13.1 Å². The van der Waals surface area contributed by atoms with Crippen LogP contribution in [-0.4, -0.2) is 26.3 Å². The van der Waals surface area contributed by atoms with Gasteiger partial charge in [-0.2, -0.15) is 0 Å². The van der Waals surface area contributed by atoms with Crippen LogP contribution in [0.25, 0.3) is 0 Å². The summed E-state index contributed by atoms with van der Waals surface area (Å²) in [5.74, 6) is 0.780. The average molecular weight is 211 g/mol. The molecule has 0 aliphatic heterocycles. The summed E-state index contributed by atoms with van der Waals surface area (Å²) in [5.41, 5.74) is 5.33. The van der Waals surface area contributed by atoms with Gasteiger partial charge in [0.25, 0.3) is 0 Å². The molecule has 0 atom stereocenters. The highest BCUT2D eigenvalue weighted by Gasteiger charge is 2.20. The summed E-state index contributed by atoms with van der Waals surface area (Å²) in [7, 11) is -2.22. The first-order valence-electron chi connectivity index (χ1n) is 4.70. The molecule has 0 aliphatic carbocycles. The molecular weight excluding hydrogens is 194 g/mol. The third-order valence-corrected chi connectivity index (χ3v) is 3.65. The summed E-state index contributed by atoms with van der Waals surface area (Å²) in [4.78, 5) is 9.90. The number of benzene rings is 1. The molecule has 0 aromatic heterocycles. The zero-order valence-corrected chi connectivity index (χ0v) is 9.66. The lowest BCUT2D eigenvalue weighted by molar-refractivity contribution is 0.328. The number of rotatable bonds is 4. The van der Waals surface area contributed by atoms with Gasteiger partial charge in [0.15, 0.2) is 0 Å². The molecule has 14 heavy (non-hydrogen) atoms. The lowest BCUT2D eigenvalue weighted by Crippen LogP contribution is -2.41. The van der Waals surface area contributed by atoms with Crippen molar-refractivity contribution in [2.24, 2.45) is 5.73 Å². The molecule has 0 aliphatic rings. The Morgan fingerprint density at radius 3 is 2.71 bits per heavy atom. The van der Waals surface area contributed by atoms with Crippen molar-refractivity contribution in [3.8, 4) is 5.75 Å². The van der Waals surface area contributed by atoms with E-state index in [0.29, 0.717) is 13.2 Å². The quantitative estimate of drug-likeness (QED) is 0.710. The Hall–Kier alpha value is -0.843. The first-order chi connectivity index (χ1) is 6.54.